The molecular formula is C22H30N4O3. The van der Waals surface area contributed by atoms with Gasteiger partial charge in [0.05, 0.1) is 5.69 Å². The van der Waals surface area contributed by atoms with E-state index in [-0.39, 0.29) is 11.8 Å². The second-order valence-electron chi connectivity index (χ2n) is 7.33. The van der Waals surface area contributed by atoms with Crippen LogP contribution in [0.2, 0.25) is 0 Å². The highest BCUT2D eigenvalue weighted by atomic mass is 16.5. The van der Waals surface area contributed by atoms with Crippen LogP contribution in [0.25, 0.3) is 0 Å². The molecule has 0 unspecified atom stereocenters. The quantitative estimate of drug-likeness (QED) is 0.694. The number of benzene rings is 1. The van der Waals surface area contributed by atoms with Crippen LogP contribution in [0, 0.1) is 6.92 Å². The van der Waals surface area contributed by atoms with E-state index in [0.29, 0.717) is 37.8 Å². The number of carbonyl (C=O) groups excluding carboxylic acids is 2. The molecule has 1 N–H and O–H groups in total. The maximum Gasteiger partial charge on any atom is 0.294 e. The Kier molecular flexibility index (Phi) is 7.04. The van der Waals surface area contributed by atoms with Crippen molar-refractivity contribution in [3.05, 3.63) is 47.0 Å². The molecule has 1 aromatic carbocycles. The summed E-state index contributed by atoms with van der Waals surface area (Å²) in [7, 11) is 1.64. The van der Waals surface area contributed by atoms with E-state index in [1.807, 2.05) is 42.7 Å². The van der Waals surface area contributed by atoms with Gasteiger partial charge in [0.2, 0.25) is 5.82 Å². The van der Waals surface area contributed by atoms with Gasteiger partial charge in [0.1, 0.15) is 5.69 Å². The third-order valence-corrected chi connectivity index (χ3v) is 5.21. The van der Waals surface area contributed by atoms with Gasteiger partial charge in [-0.05, 0) is 57.2 Å². The van der Waals surface area contributed by atoms with Crippen molar-refractivity contribution in [3.63, 3.8) is 0 Å². The Labute approximate surface area is 172 Å². The van der Waals surface area contributed by atoms with Gasteiger partial charge in [0.15, 0.2) is 0 Å². The predicted octanol–water partition coefficient (Wildman–Crippen LogP) is 2.96. The number of hydrogen-bond acceptors (Lipinski definition) is 4. The summed E-state index contributed by atoms with van der Waals surface area (Å²) in [5.41, 5.74) is 3.18. The minimum absolute atomic E-state index is 0.167. The molecule has 2 amide bonds. The van der Waals surface area contributed by atoms with Gasteiger partial charge in [-0.15, -0.1) is 0 Å². The Balaban J connectivity index is 1.89. The number of carbonyl (C=O) groups is 2. The number of amides is 2. The molecule has 3 rings (SSSR count). The molecule has 0 radical (unpaired) electrons. The fourth-order valence-electron chi connectivity index (χ4n) is 3.75. The molecular weight excluding hydrogens is 368 g/mol. The summed E-state index contributed by atoms with van der Waals surface area (Å²) in [6.07, 6.45) is 3.48. The average Bonchev–Trinajstić information content (AvgIpc) is 3.11. The second-order valence-corrected chi connectivity index (χ2v) is 7.33. The molecule has 0 saturated carbocycles. The van der Waals surface area contributed by atoms with Crippen LogP contribution in [0.4, 0.5) is 5.69 Å². The monoisotopic (exact) mass is 398 g/mol. The number of nitrogens with one attached hydrogen (secondary N) is 1. The number of hydrogen-bond donors (Lipinski definition) is 1. The number of rotatable bonds is 8. The largest absolute Gasteiger partial charge is 0.385 e. The molecule has 7 nitrogen and oxygen atoms in total. The molecule has 156 valence electrons. The molecule has 0 atom stereocenters. The number of methoxy groups -OCH3 is 1. The Hall–Kier alpha value is -2.67. The first-order valence-electron chi connectivity index (χ1n) is 10.3. The number of nitrogens with zero attached hydrogens (tertiary/aromatic N) is 3. The molecule has 0 aliphatic carbocycles. The standard InChI is InChI=1S/C22H30N4O3/c1-4-25(17-10-7-9-16(2)15-17)22(28)20-24-19(18-11-5-6-13-26(18)20)21(27)23-12-8-14-29-3/h7,9-10,15H,4-6,8,11-14H2,1-3H3,(H,23,27). The van der Waals surface area contributed by atoms with Gasteiger partial charge in [-0.1, -0.05) is 12.1 Å². The lowest BCUT2D eigenvalue weighted by Crippen LogP contribution is -2.33. The maximum absolute atomic E-state index is 13.4. The van der Waals surface area contributed by atoms with Crippen LogP contribution < -0.4 is 10.2 Å². The zero-order valence-electron chi connectivity index (χ0n) is 17.5. The summed E-state index contributed by atoms with van der Waals surface area (Å²) in [5.74, 6) is -0.0332. The molecule has 1 aliphatic heterocycles. The summed E-state index contributed by atoms with van der Waals surface area (Å²) in [5, 5.41) is 2.90. The Bertz CT molecular complexity index is 875. The van der Waals surface area contributed by atoms with Crippen LogP contribution in [0.3, 0.4) is 0 Å². The number of fused-ring (bicyclic) bond motifs is 1. The fourth-order valence-corrected chi connectivity index (χ4v) is 3.75. The van der Waals surface area contributed by atoms with Crippen molar-refractivity contribution >= 4 is 17.5 Å². The number of aromatic nitrogens is 2. The number of imidazole rings is 1. The van der Waals surface area contributed by atoms with Crippen molar-refractivity contribution in [2.45, 2.75) is 46.1 Å². The van der Waals surface area contributed by atoms with Crippen molar-refractivity contribution in [3.8, 4) is 0 Å². The Morgan fingerprint density at radius 1 is 1.31 bits per heavy atom. The normalized spacial score (nSPS) is 13.1. The first kappa shape index (κ1) is 21.0. The van der Waals surface area contributed by atoms with Crippen molar-refractivity contribution in [2.24, 2.45) is 0 Å². The fraction of sp³-hybridized carbons (Fsp3) is 0.500. The summed E-state index contributed by atoms with van der Waals surface area (Å²) in [4.78, 5) is 32.4. The minimum atomic E-state index is -0.218. The summed E-state index contributed by atoms with van der Waals surface area (Å²) < 4.78 is 6.96. The molecule has 0 bridgehead atoms. The molecule has 7 heteroatoms. The van der Waals surface area contributed by atoms with Gasteiger partial charge in [-0.3, -0.25) is 9.59 Å². The van der Waals surface area contributed by atoms with Crippen LogP contribution in [0.5, 0.6) is 0 Å². The lowest BCUT2D eigenvalue weighted by atomic mass is 10.1. The topological polar surface area (TPSA) is 76.5 Å². The van der Waals surface area contributed by atoms with Crippen molar-refractivity contribution < 1.29 is 14.3 Å². The zero-order valence-corrected chi connectivity index (χ0v) is 17.5. The molecule has 2 heterocycles. The number of anilines is 1. The zero-order chi connectivity index (χ0) is 20.8. The molecule has 0 spiro atoms. The van der Waals surface area contributed by atoms with E-state index < -0.39 is 0 Å². The van der Waals surface area contributed by atoms with Gasteiger partial charge < -0.3 is 19.5 Å². The molecule has 0 fully saturated rings. The van der Waals surface area contributed by atoms with Crippen molar-refractivity contribution in [1.82, 2.24) is 14.9 Å². The van der Waals surface area contributed by atoms with Gasteiger partial charge in [0, 0.05) is 39.0 Å². The first-order valence-corrected chi connectivity index (χ1v) is 10.3. The highest BCUT2D eigenvalue weighted by Gasteiger charge is 2.29. The molecule has 1 aliphatic rings. The van der Waals surface area contributed by atoms with Gasteiger partial charge in [-0.25, -0.2) is 4.98 Å². The number of aryl methyl sites for hydroxylation is 1. The van der Waals surface area contributed by atoms with Crippen molar-refractivity contribution in [1.29, 1.82) is 0 Å². The highest BCUT2D eigenvalue weighted by Crippen LogP contribution is 2.24. The summed E-state index contributed by atoms with van der Waals surface area (Å²) >= 11 is 0. The van der Waals surface area contributed by atoms with Gasteiger partial charge in [-0.2, -0.15) is 0 Å². The summed E-state index contributed by atoms with van der Waals surface area (Å²) in [6.45, 7) is 6.31. The maximum atomic E-state index is 13.4. The van der Waals surface area contributed by atoms with Crippen LogP contribution in [-0.4, -0.2) is 48.2 Å². The number of ether oxygens (including phenoxy) is 1. The third-order valence-electron chi connectivity index (χ3n) is 5.21. The van der Waals surface area contributed by atoms with Gasteiger partial charge >= 0.3 is 0 Å². The first-order chi connectivity index (χ1) is 14.1. The Morgan fingerprint density at radius 3 is 2.86 bits per heavy atom. The molecule has 0 saturated heterocycles. The van der Waals surface area contributed by atoms with E-state index in [0.717, 1.165) is 42.6 Å². The highest BCUT2D eigenvalue weighted by molar-refractivity contribution is 6.05. The predicted molar refractivity (Wildman–Crippen MR) is 113 cm³/mol. The minimum Gasteiger partial charge on any atom is -0.385 e. The van der Waals surface area contributed by atoms with Crippen LogP contribution >= 0.6 is 0 Å². The van der Waals surface area contributed by atoms with Gasteiger partial charge in [0.25, 0.3) is 11.8 Å². The lowest BCUT2D eigenvalue weighted by Gasteiger charge is -2.23. The summed E-state index contributed by atoms with van der Waals surface area (Å²) in [6, 6.07) is 7.87. The lowest BCUT2D eigenvalue weighted by molar-refractivity contribution is 0.0942. The van der Waals surface area contributed by atoms with E-state index in [1.54, 1.807) is 12.0 Å². The van der Waals surface area contributed by atoms with Crippen LogP contribution in [-0.2, 0) is 17.7 Å². The van der Waals surface area contributed by atoms with Crippen molar-refractivity contribution in [2.75, 3.05) is 31.7 Å². The third kappa shape index (κ3) is 4.67. The van der Waals surface area contributed by atoms with E-state index in [9.17, 15) is 9.59 Å². The second kappa shape index (κ2) is 9.69. The average molecular weight is 399 g/mol. The molecule has 2 aromatic rings. The van der Waals surface area contributed by atoms with Crippen LogP contribution in [0.15, 0.2) is 24.3 Å². The van der Waals surface area contributed by atoms with E-state index >= 15 is 0 Å². The molecule has 29 heavy (non-hydrogen) atoms. The smallest absolute Gasteiger partial charge is 0.294 e. The van der Waals surface area contributed by atoms with E-state index in [1.165, 1.54) is 0 Å². The SMILES string of the molecule is CCN(C(=O)c1nc(C(=O)NCCCOC)c2n1CCCC2)c1cccc(C)c1. The molecule has 1 aromatic heterocycles. The van der Waals surface area contributed by atoms with E-state index in [4.69, 9.17) is 4.74 Å². The van der Waals surface area contributed by atoms with Crippen LogP contribution in [0.1, 0.15) is 58.6 Å². The van der Waals surface area contributed by atoms with E-state index in [2.05, 4.69) is 10.3 Å². The Morgan fingerprint density at radius 2 is 2.14 bits per heavy atom.